The Morgan fingerprint density at radius 1 is 1.36 bits per heavy atom. The molecule has 0 saturated carbocycles. The van der Waals surface area contributed by atoms with E-state index in [0.29, 0.717) is 28.6 Å². The van der Waals surface area contributed by atoms with Crippen LogP contribution in [-0.4, -0.2) is 30.1 Å². The molecule has 0 spiro atoms. The van der Waals surface area contributed by atoms with E-state index in [1.165, 1.54) is 18.2 Å². The van der Waals surface area contributed by atoms with Gasteiger partial charge in [-0.05, 0) is 43.2 Å². The van der Waals surface area contributed by atoms with E-state index in [4.69, 9.17) is 21.1 Å². The Morgan fingerprint density at radius 2 is 2.18 bits per heavy atom. The molecule has 2 aromatic carbocycles. The van der Waals surface area contributed by atoms with Crippen molar-refractivity contribution in [3.8, 4) is 5.75 Å². The zero-order valence-corrected chi connectivity index (χ0v) is 15.7. The molecule has 1 aliphatic rings. The van der Waals surface area contributed by atoms with Crippen molar-refractivity contribution >= 4 is 35.0 Å². The van der Waals surface area contributed by atoms with Crippen LogP contribution in [0.15, 0.2) is 48.5 Å². The average Bonchev–Trinajstić information content (AvgIpc) is 3.19. The fraction of sp³-hybridized carbons (Fsp3) is 0.250. The fourth-order valence-corrected chi connectivity index (χ4v) is 2.99. The van der Waals surface area contributed by atoms with E-state index in [2.05, 4.69) is 5.32 Å². The van der Waals surface area contributed by atoms with E-state index >= 15 is 0 Å². The topological polar surface area (TPSA) is 90.7 Å². The standard InChI is InChI=1S/C20H19ClN2O5/c21-15-8-9-19(28-13-16-5-3-11-27-16)17(12-15)22-20(24)10-7-14-4-1-2-6-18(14)23(25)26/h1-2,4,6-10,12,16H,3,5,11,13H2,(H,22,24)/b10-7+. The average molecular weight is 403 g/mol. The number of halogens is 1. The van der Waals surface area contributed by atoms with Gasteiger partial charge in [0.2, 0.25) is 5.91 Å². The number of hydrogen-bond acceptors (Lipinski definition) is 5. The van der Waals surface area contributed by atoms with Crippen molar-refractivity contribution in [1.29, 1.82) is 0 Å². The van der Waals surface area contributed by atoms with Crippen LogP contribution < -0.4 is 10.1 Å². The molecule has 1 aliphatic heterocycles. The van der Waals surface area contributed by atoms with E-state index in [1.807, 2.05) is 0 Å². The molecule has 1 heterocycles. The van der Waals surface area contributed by atoms with Crippen LogP contribution in [0.2, 0.25) is 5.02 Å². The molecule has 1 atom stereocenters. The maximum Gasteiger partial charge on any atom is 0.276 e. The van der Waals surface area contributed by atoms with Crippen molar-refractivity contribution in [1.82, 2.24) is 0 Å². The predicted octanol–water partition coefficient (Wildman–Crippen LogP) is 4.46. The summed E-state index contributed by atoms with van der Waals surface area (Å²) in [6.07, 6.45) is 4.61. The summed E-state index contributed by atoms with van der Waals surface area (Å²) < 4.78 is 11.3. The summed E-state index contributed by atoms with van der Waals surface area (Å²) in [6.45, 7) is 1.12. The molecule has 28 heavy (non-hydrogen) atoms. The van der Waals surface area contributed by atoms with Crippen molar-refractivity contribution in [2.45, 2.75) is 18.9 Å². The first-order valence-corrected chi connectivity index (χ1v) is 9.17. The van der Waals surface area contributed by atoms with Crippen molar-refractivity contribution in [3.05, 3.63) is 69.2 Å². The van der Waals surface area contributed by atoms with Crippen LogP contribution in [0.3, 0.4) is 0 Å². The Labute approximate surface area is 167 Å². The number of nitro benzene ring substituents is 1. The Kier molecular flexibility index (Phi) is 6.62. The summed E-state index contributed by atoms with van der Waals surface area (Å²) in [5, 5.41) is 14.2. The normalized spacial score (nSPS) is 16.2. The van der Waals surface area contributed by atoms with Gasteiger partial charge in [0.1, 0.15) is 12.4 Å². The second kappa shape index (κ2) is 9.34. The first-order chi connectivity index (χ1) is 13.5. The van der Waals surface area contributed by atoms with Crippen LogP contribution in [0.25, 0.3) is 6.08 Å². The molecule has 1 N–H and O–H groups in total. The van der Waals surface area contributed by atoms with Gasteiger partial charge in [0.15, 0.2) is 0 Å². The number of hydrogen-bond donors (Lipinski definition) is 1. The van der Waals surface area contributed by atoms with Crippen molar-refractivity contribution in [2.24, 2.45) is 0 Å². The van der Waals surface area contributed by atoms with Crippen LogP contribution in [0, 0.1) is 10.1 Å². The third-order valence-corrected chi connectivity index (χ3v) is 4.43. The van der Waals surface area contributed by atoms with E-state index < -0.39 is 10.8 Å². The van der Waals surface area contributed by atoms with Crippen molar-refractivity contribution < 1.29 is 19.2 Å². The van der Waals surface area contributed by atoms with Gasteiger partial charge in [0.25, 0.3) is 5.69 Å². The van der Waals surface area contributed by atoms with Gasteiger partial charge in [-0.3, -0.25) is 14.9 Å². The molecule has 0 aliphatic carbocycles. The molecule has 3 rings (SSSR count). The predicted molar refractivity (Wildman–Crippen MR) is 107 cm³/mol. The Balaban J connectivity index is 1.69. The molecule has 1 saturated heterocycles. The van der Waals surface area contributed by atoms with Gasteiger partial charge in [-0.1, -0.05) is 23.7 Å². The van der Waals surface area contributed by atoms with E-state index in [9.17, 15) is 14.9 Å². The lowest BCUT2D eigenvalue weighted by molar-refractivity contribution is -0.385. The summed E-state index contributed by atoms with van der Waals surface area (Å²) in [4.78, 5) is 22.9. The molecule has 7 nitrogen and oxygen atoms in total. The second-order valence-corrected chi connectivity index (χ2v) is 6.66. The number of carbonyl (C=O) groups excluding carboxylic acids is 1. The number of nitro groups is 1. The van der Waals surface area contributed by atoms with Crippen LogP contribution in [0.4, 0.5) is 11.4 Å². The zero-order chi connectivity index (χ0) is 19.9. The summed E-state index contributed by atoms with van der Waals surface area (Å²) in [6, 6.07) is 11.1. The fourth-order valence-electron chi connectivity index (χ4n) is 2.82. The molecular formula is C20H19ClN2O5. The molecule has 2 aromatic rings. The molecule has 0 bridgehead atoms. The number of nitrogens with one attached hydrogen (secondary N) is 1. The zero-order valence-electron chi connectivity index (χ0n) is 15.0. The molecule has 8 heteroatoms. The van der Waals surface area contributed by atoms with Gasteiger partial charge in [0.05, 0.1) is 22.3 Å². The Bertz CT molecular complexity index is 894. The van der Waals surface area contributed by atoms with Crippen LogP contribution >= 0.6 is 11.6 Å². The highest BCUT2D eigenvalue weighted by molar-refractivity contribution is 6.31. The van der Waals surface area contributed by atoms with Crippen LogP contribution in [0.5, 0.6) is 5.75 Å². The first-order valence-electron chi connectivity index (χ1n) is 8.79. The lowest BCUT2D eigenvalue weighted by Gasteiger charge is -2.15. The number of carbonyl (C=O) groups is 1. The number of anilines is 1. The first kappa shape index (κ1) is 19.9. The van der Waals surface area contributed by atoms with E-state index in [0.717, 1.165) is 19.4 Å². The van der Waals surface area contributed by atoms with E-state index in [-0.39, 0.29) is 11.8 Å². The van der Waals surface area contributed by atoms with Gasteiger partial charge >= 0.3 is 0 Å². The minimum Gasteiger partial charge on any atom is -0.489 e. The number of benzene rings is 2. The molecule has 1 fully saturated rings. The smallest absolute Gasteiger partial charge is 0.276 e. The van der Waals surface area contributed by atoms with E-state index in [1.54, 1.807) is 36.4 Å². The van der Waals surface area contributed by atoms with Gasteiger partial charge in [-0.2, -0.15) is 0 Å². The minimum atomic E-state index is -0.494. The van der Waals surface area contributed by atoms with Crippen molar-refractivity contribution in [2.75, 3.05) is 18.5 Å². The number of amides is 1. The highest BCUT2D eigenvalue weighted by Crippen LogP contribution is 2.29. The minimum absolute atomic E-state index is 0.0396. The Hall–Kier alpha value is -2.90. The molecule has 1 amide bonds. The third-order valence-electron chi connectivity index (χ3n) is 4.20. The summed E-state index contributed by atoms with van der Waals surface area (Å²) in [5.41, 5.74) is 0.682. The van der Waals surface area contributed by atoms with Gasteiger partial charge < -0.3 is 14.8 Å². The summed E-state index contributed by atoms with van der Waals surface area (Å²) in [7, 11) is 0. The third kappa shape index (κ3) is 5.31. The van der Waals surface area contributed by atoms with Gasteiger partial charge in [-0.25, -0.2) is 0 Å². The van der Waals surface area contributed by atoms with Crippen molar-refractivity contribution in [3.63, 3.8) is 0 Å². The number of para-hydroxylation sites is 1. The van der Waals surface area contributed by atoms with Gasteiger partial charge in [0, 0.05) is 23.8 Å². The molecule has 146 valence electrons. The SMILES string of the molecule is O=C(/C=C/c1ccccc1[N+](=O)[O-])Nc1cc(Cl)ccc1OCC1CCCO1. The number of rotatable bonds is 7. The molecule has 1 unspecified atom stereocenters. The highest BCUT2D eigenvalue weighted by Gasteiger charge is 2.17. The number of ether oxygens (including phenoxy) is 2. The van der Waals surface area contributed by atoms with Crippen LogP contribution in [-0.2, 0) is 9.53 Å². The monoisotopic (exact) mass is 402 g/mol. The number of nitrogens with zero attached hydrogens (tertiary/aromatic N) is 1. The summed E-state index contributed by atoms with van der Waals surface area (Å²) >= 11 is 6.03. The van der Waals surface area contributed by atoms with Gasteiger partial charge in [-0.15, -0.1) is 0 Å². The van der Waals surface area contributed by atoms with Crippen LogP contribution in [0.1, 0.15) is 18.4 Å². The molecule has 0 aromatic heterocycles. The highest BCUT2D eigenvalue weighted by atomic mass is 35.5. The Morgan fingerprint density at radius 3 is 2.93 bits per heavy atom. The summed E-state index contributed by atoms with van der Waals surface area (Å²) in [5.74, 6) is 0.0229. The molecule has 0 radical (unpaired) electrons. The lowest BCUT2D eigenvalue weighted by atomic mass is 10.1. The molecular weight excluding hydrogens is 384 g/mol. The quantitative estimate of drug-likeness (QED) is 0.419. The maximum absolute atomic E-state index is 12.3. The lowest BCUT2D eigenvalue weighted by Crippen LogP contribution is -2.17. The maximum atomic E-state index is 12.3. The largest absolute Gasteiger partial charge is 0.489 e. The second-order valence-electron chi connectivity index (χ2n) is 6.23.